The summed E-state index contributed by atoms with van der Waals surface area (Å²) in [6.45, 7) is 14.0. The molecule has 1 atom stereocenters. The van der Waals surface area contributed by atoms with Gasteiger partial charge >= 0.3 is 5.97 Å². The van der Waals surface area contributed by atoms with Crippen molar-refractivity contribution in [2.45, 2.75) is 60.5 Å². The number of para-hydroxylation sites is 1. The fourth-order valence-corrected chi connectivity index (χ4v) is 5.59. The van der Waals surface area contributed by atoms with Gasteiger partial charge in [0.1, 0.15) is 11.5 Å². The summed E-state index contributed by atoms with van der Waals surface area (Å²) in [5.41, 5.74) is 6.84. The Morgan fingerprint density at radius 2 is 1.72 bits per heavy atom. The van der Waals surface area contributed by atoms with Gasteiger partial charge in [0.15, 0.2) is 11.9 Å². The molecule has 238 valence electrons. The molecule has 0 aliphatic carbocycles. The smallest absolute Gasteiger partial charge is 0.347 e. The summed E-state index contributed by atoms with van der Waals surface area (Å²) in [7, 11) is 1.67. The van der Waals surface area contributed by atoms with Crippen molar-refractivity contribution in [2.24, 2.45) is 5.10 Å². The highest BCUT2D eigenvalue weighted by atomic mass is 16.6. The lowest BCUT2D eigenvalue weighted by atomic mass is 9.96. The monoisotopic (exact) mass is 620 g/mol. The first-order chi connectivity index (χ1) is 22.0. The SMILES string of the molecule is CCOC(=O)[C@H](C)Oc1ccc(-n2c(C)cc(C=Nn3c(-c4cc(C(C)C)c(OC)cc4C)nc4ccccc4c3=O)c2C)cc1. The zero-order chi connectivity index (χ0) is 33.1. The van der Waals surface area contributed by atoms with Crippen molar-refractivity contribution in [3.8, 4) is 28.6 Å². The van der Waals surface area contributed by atoms with Crippen LogP contribution in [0.3, 0.4) is 0 Å². The summed E-state index contributed by atoms with van der Waals surface area (Å²) >= 11 is 0. The van der Waals surface area contributed by atoms with E-state index in [0.717, 1.165) is 45.1 Å². The highest BCUT2D eigenvalue weighted by Gasteiger charge is 2.19. The molecule has 46 heavy (non-hydrogen) atoms. The Kier molecular flexibility index (Phi) is 9.41. The Labute approximate surface area is 269 Å². The van der Waals surface area contributed by atoms with E-state index in [9.17, 15) is 9.59 Å². The number of aryl methyl sites for hydroxylation is 2. The van der Waals surface area contributed by atoms with E-state index in [-0.39, 0.29) is 11.5 Å². The number of ether oxygens (including phenoxy) is 3. The van der Waals surface area contributed by atoms with Gasteiger partial charge in [-0.3, -0.25) is 4.79 Å². The number of hydrogen-bond donors (Lipinski definition) is 0. The van der Waals surface area contributed by atoms with E-state index < -0.39 is 12.1 Å². The molecule has 0 radical (unpaired) electrons. The van der Waals surface area contributed by atoms with Crippen molar-refractivity contribution >= 4 is 23.1 Å². The molecule has 0 saturated carbocycles. The van der Waals surface area contributed by atoms with Crippen LogP contribution < -0.4 is 15.0 Å². The maximum absolute atomic E-state index is 13.9. The second-order valence-corrected chi connectivity index (χ2v) is 11.5. The summed E-state index contributed by atoms with van der Waals surface area (Å²) in [6.07, 6.45) is 1.00. The van der Waals surface area contributed by atoms with Crippen LogP contribution in [0.2, 0.25) is 0 Å². The molecule has 0 spiro atoms. The number of esters is 1. The van der Waals surface area contributed by atoms with E-state index in [1.807, 2.05) is 81.4 Å². The average Bonchev–Trinajstić information content (AvgIpc) is 3.32. The van der Waals surface area contributed by atoms with Gasteiger partial charge < -0.3 is 18.8 Å². The topological polar surface area (TPSA) is 96.9 Å². The van der Waals surface area contributed by atoms with Crippen molar-refractivity contribution in [3.63, 3.8) is 0 Å². The Morgan fingerprint density at radius 3 is 2.39 bits per heavy atom. The third-order valence-electron chi connectivity index (χ3n) is 8.00. The maximum atomic E-state index is 13.9. The second kappa shape index (κ2) is 13.4. The molecule has 9 nitrogen and oxygen atoms in total. The molecule has 2 aromatic heterocycles. The number of benzene rings is 3. The van der Waals surface area contributed by atoms with Gasteiger partial charge in [0.2, 0.25) is 0 Å². The molecule has 0 unspecified atom stereocenters. The molecule has 9 heteroatoms. The molecule has 0 bridgehead atoms. The van der Waals surface area contributed by atoms with Crippen LogP contribution in [0.25, 0.3) is 28.0 Å². The normalized spacial score (nSPS) is 12.2. The lowest BCUT2D eigenvalue weighted by molar-refractivity contribution is -0.150. The molecule has 2 heterocycles. The summed E-state index contributed by atoms with van der Waals surface area (Å²) < 4.78 is 20.0. The van der Waals surface area contributed by atoms with Crippen molar-refractivity contribution in [2.75, 3.05) is 13.7 Å². The summed E-state index contributed by atoms with van der Waals surface area (Å²) in [4.78, 5) is 30.8. The first kappa shape index (κ1) is 32.2. The average molecular weight is 621 g/mol. The number of carbonyl (C=O) groups excluding carboxylic acids is 1. The number of carbonyl (C=O) groups is 1. The molecule has 0 fully saturated rings. The third kappa shape index (κ3) is 6.31. The maximum Gasteiger partial charge on any atom is 0.347 e. The van der Waals surface area contributed by atoms with E-state index in [1.165, 1.54) is 4.68 Å². The van der Waals surface area contributed by atoms with Gasteiger partial charge in [-0.05, 0) is 106 Å². The highest BCUT2D eigenvalue weighted by Crippen LogP contribution is 2.34. The molecule has 0 aliphatic heterocycles. The van der Waals surface area contributed by atoms with Gasteiger partial charge in [-0.2, -0.15) is 9.78 Å². The first-order valence-corrected chi connectivity index (χ1v) is 15.4. The number of aromatic nitrogens is 3. The molecule has 0 amide bonds. The predicted molar refractivity (Wildman–Crippen MR) is 182 cm³/mol. The van der Waals surface area contributed by atoms with Gasteiger partial charge in [-0.15, -0.1) is 0 Å². The fraction of sp³-hybridized carbons (Fsp3) is 0.297. The second-order valence-electron chi connectivity index (χ2n) is 11.5. The van der Waals surface area contributed by atoms with Crippen LogP contribution >= 0.6 is 0 Å². The van der Waals surface area contributed by atoms with Crippen LogP contribution in [-0.4, -0.2) is 46.2 Å². The van der Waals surface area contributed by atoms with Gasteiger partial charge in [0.25, 0.3) is 5.56 Å². The van der Waals surface area contributed by atoms with Gasteiger partial charge in [0, 0.05) is 28.2 Å². The largest absolute Gasteiger partial charge is 0.496 e. The number of rotatable bonds is 10. The first-order valence-electron chi connectivity index (χ1n) is 15.4. The minimum absolute atomic E-state index is 0.199. The highest BCUT2D eigenvalue weighted by molar-refractivity contribution is 5.84. The van der Waals surface area contributed by atoms with E-state index in [4.69, 9.17) is 24.3 Å². The van der Waals surface area contributed by atoms with Crippen molar-refractivity contribution in [3.05, 3.63) is 105 Å². The number of fused-ring (bicyclic) bond motifs is 1. The van der Waals surface area contributed by atoms with Crippen LogP contribution in [0.4, 0.5) is 0 Å². The zero-order valence-electron chi connectivity index (χ0n) is 27.6. The summed E-state index contributed by atoms with van der Waals surface area (Å²) in [5.74, 6) is 1.63. The molecule has 0 aliphatic rings. The lowest BCUT2D eigenvalue weighted by Crippen LogP contribution is -2.26. The Balaban J connectivity index is 1.55. The van der Waals surface area contributed by atoms with Crippen molar-refractivity contribution < 1.29 is 19.0 Å². The number of methoxy groups -OCH3 is 1. The van der Waals surface area contributed by atoms with Crippen LogP contribution in [0.1, 0.15) is 61.7 Å². The minimum Gasteiger partial charge on any atom is -0.496 e. The Hall–Kier alpha value is -5.18. The third-order valence-corrected chi connectivity index (χ3v) is 8.00. The Morgan fingerprint density at radius 1 is 1.00 bits per heavy atom. The quantitative estimate of drug-likeness (QED) is 0.122. The number of nitrogens with zero attached hydrogens (tertiary/aromatic N) is 4. The predicted octanol–water partition coefficient (Wildman–Crippen LogP) is 7.12. The van der Waals surface area contributed by atoms with Gasteiger partial charge in [-0.1, -0.05) is 26.0 Å². The van der Waals surface area contributed by atoms with Crippen LogP contribution in [0.5, 0.6) is 11.5 Å². The zero-order valence-corrected chi connectivity index (χ0v) is 27.6. The van der Waals surface area contributed by atoms with E-state index in [2.05, 4.69) is 18.4 Å². The van der Waals surface area contributed by atoms with Crippen LogP contribution in [0, 0.1) is 20.8 Å². The van der Waals surface area contributed by atoms with Gasteiger partial charge in [-0.25, -0.2) is 9.78 Å². The van der Waals surface area contributed by atoms with Crippen LogP contribution in [0.15, 0.2) is 76.6 Å². The fourth-order valence-electron chi connectivity index (χ4n) is 5.59. The van der Waals surface area contributed by atoms with Crippen molar-refractivity contribution in [1.29, 1.82) is 0 Å². The molecule has 0 saturated heterocycles. The van der Waals surface area contributed by atoms with E-state index in [1.54, 1.807) is 33.2 Å². The summed E-state index contributed by atoms with van der Waals surface area (Å²) in [5, 5.41) is 5.25. The van der Waals surface area contributed by atoms with Gasteiger partial charge in [0.05, 0.1) is 30.8 Å². The Bertz CT molecular complexity index is 1990. The van der Waals surface area contributed by atoms with E-state index in [0.29, 0.717) is 29.1 Å². The molecular weight excluding hydrogens is 580 g/mol. The molecular formula is C37H40N4O5. The standard InChI is InChI=1S/C37H40N4O5/c1-9-45-37(43)26(7)46-29-16-14-28(15-17-29)40-24(5)19-27(25(40)6)21-38-41-35(39-33-13-11-10-12-30(33)36(41)42)32-20-31(22(2)3)34(44-8)18-23(32)4/h10-22,26H,9H2,1-8H3/t26-/m0/s1. The minimum atomic E-state index is -0.708. The summed E-state index contributed by atoms with van der Waals surface area (Å²) in [6, 6.07) is 20.9. The molecule has 5 rings (SSSR count). The van der Waals surface area contributed by atoms with Crippen LogP contribution in [-0.2, 0) is 9.53 Å². The molecule has 0 N–H and O–H groups in total. The van der Waals surface area contributed by atoms with E-state index >= 15 is 0 Å². The van der Waals surface area contributed by atoms with Crippen molar-refractivity contribution in [1.82, 2.24) is 14.2 Å². The molecule has 5 aromatic rings. The molecule has 3 aromatic carbocycles. The lowest BCUT2D eigenvalue weighted by Gasteiger charge is -2.17. The number of hydrogen-bond acceptors (Lipinski definition) is 7.